The Bertz CT molecular complexity index is 760. The molecule has 1 aromatic carbocycles. The molecule has 0 saturated heterocycles. The third kappa shape index (κ3) is 6.76. The van der Waals surface area contributed by atoms with Gasteiger partial charge in [-0.25, -0.2) is 0 Å². The minimum atomic E-state index is -2.13. The van der Waals surface area contributed by atoms with E-state index in [1.165, 1.54) is 0 Å². The Morgan fingerprint density at radius 1 is 0.417 bits per heavy atom. The third-order valence-corrected chi connectivity index (χ3v) is 292. The Kier molecular flexibility index (Phi) is 11.5. The molecule has 210 valence electrons. The van der Waals surface area contributed by atoms with Crippen molar-refractivity contribution in [1.29, 1.82) is 0 Å². The summed E-state index contributed by atoms with van der Waals surface area (Å²) in [7, 11) is -8.18. The number of benzene rings is 1. The Hall–Kier alpha value is 2.50. The quantitative estimate of drug-likeness (QED) is 0.158. The van der Waals surface area contributed by atoms with Crippen molar-refractivity contribution in [2.24, 2.45) is 0 Å². The first-order valence-corrected chi connectivity index (χ1v) is 57.6. The predicted molar refractivity (Wildman–Crippen MR) is 201 cm³/mol. The van der Waals surface area contributed by atoms with Gasteiger partial charge in [-0.15, -0.1) is 0 Å². The van der Waals surface area contributed by atoms with Gasteiger partial charge in [-0.3, -0.25) is 0 Å². The van der Waals surface area contributed by atoms with Gasteiger partial charge >= 0.3 is 252 Å². The Balaban J connectivity index is 4.24. The van der Waals surface area contributed by atoms with Crippen LogP contribution in [0, 0.1) is 0 Å². The average Bonchev–Trinajstić information content (AvgIpc) is 2.58. The summed E-state index contributed by atoms with van der Waals surface area (Å²) < 4.78 is -2.13. The van der Waals surface area contributed by atoms with E-state index < -0.39 is 60.6 Å². The van der Waals surface area contributed by atoms with E-state index in [4.69, 9.17) is 11.1 Å². The summed E-state index contributed by atoms with van der Waals surface area (Å²) in [4.78, 5) is 0. The van der Waals surface area contributed by atoms with Gasteiger partial charge in [0.1, 0.15) is 0 Å². The molecule has 12 heteroatoms. The van der Waals surface area contributed by atoms with E-state index in [1.807, 2.05) is 0 Å². The molecule has 0 spiro atoms. The van der Waals surface area contributed by atoms with Gasteiger partial charge in [-0.1, -0.05) is 0 Å². The second kappa shape index (κ2) is 11.3. The van der Waals surface area contributed by atoms with E-state index in [2.05, 4.69) is 148 Å². The molecule has 0 fully saturated rings. The van der Waals surface area contributed by atoms with E-state index in [-0.39, 0.29) is 0 Å². The molecular weight excluding hydrogens is 734 g/mol. The molecular formula is C24H59ClSe2Si9. The van der Waals surface area contributed by atoms with Gasteiger partial charge in [0.25, 0.3) is 0 Å². The molecule has 0 aliphatic rings. The summed E-state index contributed by atoms with van der Waals surface area (Å²) in [6, 6.07) is 11.9. The maximum atomic E-state index is 8.67. The number of halogens is 1. The van der Waals surface area contributed by atoms with Gasteiger partial charge in [0.2, 0.25) is 0 Å². The standard InChI is InChI=1S/C24H59ClSe2Si9/c1-28(2,3)35(29(4,5)6,30(7,8)9)26-34(25,24-22-20-19-21-23-24)27-36(31(10,11)12,32(13,14)15)33(16,17)18/h19-23H,1-18H3. The van der Waals surface area contributed by atoms with Crippen LogP contribution in [0.2, 0.25) is 118 Å². The van der Waals surface area contributed by atoms with E-state index in [1.54, 1.807) is 5.19 Å². The molecule has 0 amide bonds. The van der Waals surface area contributed by atoms with Crippen LogP contribution in [0.1, 0.15) is 0 Å². The molecule has 1 aromatic rings. The molecule has 0 heterocycles. The van der Waals surface area contributed by atoms with Gasteiger partial charge in [0.05, 0.1) is 0 Å². The second-order valence-corrected chi connectivity index (χ2v) is 146. The fraction of sp³-hybridized carbons (Fsp3) is 0.750. The first kappa shape index (κ1) is 36.5. The molecule has 0 atom stereocenters. The number of hydrogen-bond acceptors (Lipinski definition) is 0. The van der Waals surface area contributed by atoms with E-state index in [0.29, 0.717) is 27.4 Å². The van der Waals surface area contributed by atoms with Crippen LogP contribution in [0.15, 0.2) is 30.3 Å². The van der Waals surface area contributed by atoms with Gasteiger partial charge in [0, 0.05) is 0 Å². The van der Waals surface area contributed by atoms with Crippen molar-refractivity contribution in [1.82, 2.24) is 0 Å². The molecule has 0 nitrogen and oxygen atoms in total. The van der Waals surface area contributed by atoms with Crippen LogP contribution in [-0.4, -0.2) is 88.0 Å². The maximum absolute atomic E-state index is 8.67. The molecule has 36 heavy (non-hydrogen) atoms. The fourth-order valence-corrected chi connectivity index (χ4v) is 496. The molecule has 0 bridgehead atoms. The van der Waals surface area contributed by atoms with Crippen molar-refractivity contribution in [3.8, 4) is 0 Å². The summed E-state index contributed by atoms with van der Waals surface area (Å²) in [5, 5.41) is -1.35. The zero-order valence-corrected chi connectivity index (χ0v) is 40.3. The monoisotopic (exact) mass is 794 g/mol. The summed E-state index contributed by atoms with van der Waals surface area (Å²) in [6.45, 7) is 50.3. The Labute approximate surface area is 250 Å². The van der Waals surface area contributed by atoms with Crippen LogP contribution >= 0.6 is 11.1 Å². The predicted octanol–water partition coefficient (Wildman–Crippen LogP) is 7.87. The number of rotatable bonds is 11. The molecule has 0 aliphatic heterocycles. The molecule has 0 N–H and O–H groups in total. The van der Waals surface area contributed by atoms with Crippen molar-refractivity contribution in [2.75, 3.05) is 0 Å². The molecule has 0 aromatic heterocycles. The third-order valence-electron chi connectivity index (χ3n) is 8.02. The van der Waals surface area contributed by atoms with Crippen LogP contribution in [0.3, 0.4) is 0 Å². The van der Waals surface area contributed by atoms with Crippen molar-refractivity contribution < 1.29 is 0 Å². The van der Waals surface area contributed by atoms with E-state index in [0.717, 1.165) is 0 Å². The van der Waals surface area contributed by atoms with E-state index in [9.17, 15) is 0 Å². The summed E-state index contributed by atoms with van der Waals surface area (Å²) >= 11 is 10.00. The SMILES string of the molecule is C[Si](C)(C)[Si]([Se][Si](Cl)([Se][Si]([Si](C)(C)C)([Si](C)(C)C)[Si](C)(C)C)c1ccccc1)([Si](C)(C)C)[Si](C)(C)C. The average molecular weight is 794 g/mol. The topological polar surface area (TPSA) is 0 Å². The first-order chi connectivity index (χ1) is 15.5. The Morgan fingerprint density at radius 2 is 0.639 bits per heavy atom. The summed E-state index contributed by atoms with van der Waals surface area (Å²) in [5.41, 5.74) is 0. The molecule has 0 saturated carbocycles. The van der Waals surface area contributed by atoms with Crippen LogP contribution in [0.4, 0.5) is 0 Å². The molecule has 0 aliphatic carbocycles. The van der Waals surface area contributed by atoms with Gasteiger partial charge in [0.15, 0.2) is 0 Å². The summed E-state index contributed by atoms with van der Waals surface area (Å²) in [6.07, 6.45) is 0. The van der Waals surface area contributed by atoms with Crippen LogP contribution < -0.4 is 5.19 Å². The first-order valence-electron chi connectivity index (χ1n) is 13.7. The summed E-state index contributed by atoms with van der Waals surface area (Å²) in [5.74, 6) is 0. The Morgan fingerprint density at radius 3 is 0.833 bits per heavy atom. The molecule has 1 rings (SSSR count). The van der Waals surface area contributed by atoms with Gasteiger partial charge in [-0.05, 0) is 0 Å². The van der Waals surface area contributed by atoms with Crippen molar-refractivity contribution >= 4 is 104 Å². The van der Waals surface area contributed by atoms with Crippen LogP contribution in [0.25, 0.3) is 0 Å². The number of hydrogen-bond donors (Lipinski definition) is 0. The zero-order chi connectivity index (χ0) is 29.0. The minimum absolute atomic E-state index is 0.666. The van der Waals surface area contributed by atoms with Crippen molar-refractivity contribution in [2.45, 2.75) is 118 Å². The van der Waals surface area contributed by atoms with Gasteiger partial charge in [-0.2, -0.15) is 0 Å². The fourth-order valence-electron chi connectivity index (χ4n) is 8.84. The van der Waals surface area contributed by atoms with E-state index >= 15 is 0 Å². The van der Waals surface area contributed by atoms with Crippen molar-refractivity contribution in [3.63, 3.8) is 0 Å². The van der Waals surface area contributed by atoms with Crippen LogP contribution in [-0.2, 0) is 0 Å². The molecule has 0 unspecified atom stereocenters. The van der Waals surface area contributed by atoms with Gasteiger partial charge < -0.3 is 0 Å². The van der Waals surface area contributed by atoms with Crippen LogP contribution in [0.5, 0.6) is 0 Å². The molecule has 0 radical (unpaired) electrons. The normalized spacial score (nSPS) is 15.9. The van der Waals surface area contributed by atoms with Crippen molar-refractivity contribution in [3.05, 3.63) is 30.3 Å². The second-order valence-electron chi connectivity index (χ2n) is 17.0. The zero-order valence-electron chi connectivity index (χ0n) is 27.1.